The van der Waals surface area contributed by atoms with Gasteiger partial charge < -0.3 is 9.80 Å². The van der Waals surface area contributed by atoms with E-state index in [9.17, 15) is 13.2 Å². The fraction of sp³-hybridized carbons (Fsp3) is 0.174. The lowest BCUT2D eigenvalue weighted by molar-refractivity contribution is 0.0747. The van der Waals surface area contributed by atoms with Crippen molar-refractivity contribution in [3.63, 3.8) is 0 Å². The van der Waals surface area contributed by atoms with E-state index in [2.05, 4.69) is 19.6 Å². The number of rotatable bonds is 5. The summed E-state index contributed by atoms with van der Waals surface area (Å²) < 4.78 is 27.5. The molecule has 10 heteroatoms. The van der Waals surface area contributed by atoms with Gasteiger partial charge in [-0.1, -0.05) is 29.5 Å². The molecule has 4 aromatic rings. The molecule has 1 saturated heterocycles. The zero-order valence-electron chi connectivity index (χ0n) is 17.6. The van der Waals surface area contributed by atoms with Gasteiger partial charge in [-0.2, -0.15) is 0 Å². The lowest BCUT2D eigenvalue weighted by atomic mass is 10.1. The second-order valence-corrected chi connectivity index (χ2v) is 10.2. The number of hydrogen-bond donors (Lipinski definition) is 1. The van der Waals surface area contributed by atoms with Crippen LogP contribution < -0.4 is 9.62 Å². The number of nitrogens with one attached hydrogen (secondary N) is 1. The number of carbonyl (C=O) groups excluding carboxylic acids is 1. The van der Waals surface area contributed by atoms with Crippen molar-refractivity contribution in [2.75, 3.05) is 35.8 Å². The Labute approximate surface area is 195 Å². The Morgan fingerprint density at radius 2 is 1.64 bits per heavy atom. The number of amides is 1. The van der Waals surface area contributed by atoms with E-state index in [1.165, 1.54) is 12.1 Å². The predicted octanol–water partition coefficient (Wildman–Crippen LogP) is 3.45. The molecule has 168 valence electrons. The monoisotopic (exact) mass is 479 g/mol. The maximum Gasteiger partial charge on any atom is 0.261 e. The lowest BCUT2D eigenvalue weighted by Gasteiger charge is -2.34. The van der Waals surface area contributed by atoms with Crippen molar-refractivity contribution in [3.8, 4) is 0 Å². The third kappa shape index (κ3) is 4.53. The number of nitrogens with zero attached hydrogens (tertiary/aromatic N) is 4. The molecule has 0 radical (unpaired) electrons. The van der Waals surface area contributed by atoms with Crippen LogP contribution in [0, 0.1) is 0 Å². The van der Waals surface area contributed by atoms with Gasteiger partial charge in [-0.15, -0.1) is 0 Å². The minimum Gasteiger partial charge on any atom is -0.344 e. The van der Waals surface area contributed by atoms with Gasteiger partial charge in [0.1, 0.15) is 10.3 Å². The molecule has 2 aromatic heterocycles. The topological polar surface area (TPSA) is 95.5 Å². The SMILES string of the molecule is O=C(c1ccc(NS(=O)(=O)c2ccccc2)cc1)N1CCN(c2nc3cccnc3s2)CC1. The average Bonchev–Trinajstić information content (AvgIpc) is 3.29. The van der Waals surface area contributed by atoms with Crippen LogP contribution in [0.3, 0.4) is 0 Å². The normalized spacial score (nSPS) is 14.4. The van der Waals surface area contributed by atoms with Crippen LogP contribution in [-0.2, 0) is 10.0 Å². The molecule has 1 amide bonds. The van der Waals surface area contributed by atoms with Crippen molar-refractivity contribution in [3.05, 3.63) is 78.5 Å². The van der Waals surface area contributed by atoms with E-state index in [0.29, 0.717) is 37.4 Å². The van der Waals surface area contributed by atoms with Crippen molar-refractivity contribution in [1.82, 2.24) is 14.9 Å². The first-order chi connectivity index (χ1) is 16.0. The van der Waals surface area contributed by atoms with E-state index in [-0.39, 0.29) is 10.8 Å². The van der Waals surface area contributed by atoms with Gasteiger partial charge in [0.15, 0.2) is 5.13 Å². The smallest absolute Gasteiger partial charge is 0.261 e. The maximum atomic E-state index is 12.9. The summed E-state index contributed by atoms with van der Waals surface area (Å²) in [7, 11) is -3.67. The highest BCUT2D eigenvalue weighted by molar-refractivity contribution is 7.92. The zero-order valence-corrected chi connectivity index (χ0v) is 19.2. The number of fused-ring (bicyclic) bond motifs is 1. The molecule has 2 aromatic carbocycles. The van der Waals surface area contributed by atoms with Crippen LogP contribution in [0.15, 0.2) is 77.8 Å². The highest BCUT2D eigenvalue weighted by atomic mass is 32.2. The van der Waals surface area contributed by atoms with E-state index in [4.69, 9.17) is 0 Å². The minimum atomic E-state index is -3.67. The molecule has 8 nitrogen and oxygen atoms in total. The van der Waals surface area contributed by atoms with Crippen LogP contribution in [0.2, 0.25) is 0 Å². The second-order valence-electron chi connectivity index (χ2n) is 7.60. The number of sulfonamides is 1. The molecule has 0 unspecified atom stereocenters. The quantitative estimate of drug-likeness (QED) is 0.471. The Balaban J connectivity index is 1.21. The van der Waals surface area contributed by atoms with Crippen molar-refractivity contribution in [1.29, 1.82) is 0 Å². The molecule has 0 bridgehead atoms. The standard InChI is InChI=1S/C23H21N5O3S2/c29-22(17-8-10-18(11-9-17)26-33(30,31)19-5-2-1-3-6-19)27-13-15-28(16-14-27)23-25-20-7-4-12-24-21(20)32-23/h1-12,26H,13-16H2. The Bertz CT molecular complexity index is 1350. The summed E-state index contributed by atoms with van der Waals surface area (Å²) in [6.07, 6.45) is 1.76. The highest BCUT2D eigenvalue weighted by Crippen LogP contribution is 2.28. The molecule has 33 heavy (non-hydrogen) atoms. The van der Waals surface area contributed by atoms with Gasteiger partial charge in [-0.05, 0) is 48.5 Å². The van der Waals surface area contributed by atoms with Gasteiger partial charge in [0, 0.05) is 43.6 Å². The molecule has 3 heterocycles. The first-order valence-electron chi connectivity index (χ1n) is 10.4. The van der Waals surface area contributed by atoms with Gasteiger partial charge in [-0.25, -0.2) is 18.4 Å². The predicted molar refractivity (Wildman–Crippen MR) is 129 cm³/mol. The number of aromatic nitrogens is 2. The van der Waals surface area contributed by atoms with Crippen molar-refractivity contribution in [2.24, 2.45) is 0 Å². The fourth-order valence-electron chi connectivity index (χ4n) is 3.67. The van der Waals surface area contributed by atoms with Crippen LogP contribution in [0.4, 0.5) is 10.8 Å². The summed E-state index contributed by atoms with van der Waals surface area (Å²) >= 11 is 1.56. The zero-order chi connectivity index (χ0) is 22.8. The molecule has 0 aliphatic carbocycles. The summed E-state index contributed by atoms with van der Waals surface area (Å²) in [5.41, 5.74) is 1.82. The van der Waals surface area contributed by atoms with E-state index in [1.54, 1.807) is 60.0 Å². The maximum absolute atomic E-state index is 12.9. The van der Waals surface area contributed by atoms with Crippen LogP contribution in [0.1, 0.15) is 10.4 Å². The summed E-state index contributed by atoms with van der Waals surface area (Å²) in [4.78, 5) is 27.0. The molecule has 1 N–H and O–H groups in total. The van der Waals surface area contributed by atoms with E-state index in [1.807, 2.05) is 17.0 Å². The Morgan fingerprint density at radius 1 is 0.909 bits per heavy atom. The number of benzene rings is 2. The van der Waals surface area contributed by atoms with Gasteiger partial charge in [0.25, 0.3) is 15.9 Å². The number of pyridine rings is 1. The van der Waals surface area contributed by atoms with E-state index in [0.717, 1.165) is 15.5 Å². The molecular formula is C23H21N5O3S2. The van der Waals surface area contributed by atoms with Crippen LogP contribution in [0.25, 0.3) is 10.3 Å². The third-order valence-electron chi connectivity index (χ3n) is 5.43. The summed E-state index contributed by atoms with van der Waals surface area (Å²) in [5.74, 6) is -0.0712. The molecule has 0 saturated carbocycles. The second kappa shape index (κ2) is 8.80. The van der Waals surface area contributed by atoms with Crippen LogP contribution in [-0.4, -0.2) is 55.4 Å². The average molecular weight is 480 g/mol. The molecule has 0 atom stereocenters. The summed E-state index contributed by atoms with van der Waals surface area (Å²) in [5, 5.41) is 0.922. The summed E-state index contributed by atoms with van der Waals surface area (Å²) in [6, 6.07) is 18.5. The van der Waals surface area contributed by atoms with Gasteiger partial charge in [0.2, 0.25) is 0 Å². The largest absolute Gasteiger partial charge is 0.344 e. The number of anilines is 2. The fourth-order valence-corrected chi connectivity index (χ4v) is 5.71. The van der Waals surface area contributed by atoms with Gasteiger partial charge >= 0.3 is 0 Å². The lowest BCUT2D eigenvalue weighted by Crippen LogP contribution is -2.48. The number of carbonyl (C=O) groups is 1. The molecule has 1 fully saturated rings. The number of thiazole rings is 1. The first kappa shape index (κ1) is 21.4. The number of piperazine rings is 1. The van der Waals surface area contributed by atoms with E-state index < -0.39 is 10.0 Å². The number of hydrogen-bond acceptors (Lipinski definition) is 7. The Morgan fingerprint density at radius 3 is 2.33 bits per heavy atom. The Kier molecular flexibility index (Phi) is 5.69. The third-order valence-corrected chi connectivity index (χ3v) is 7.87. The molecule has 1 aliphatic heterocycles. The highest BCUT2D eigenvalue weighted by Gasteiger charge is 2.24. The summed E-state index contributed by atoms with van der Waals surface area (Å²) in [6.45, 7) is 2.57. The minimum absolute atomic E-state index is 0.0712. The molecule has 0 spiro atoms. The molecular weight excluding hydrogens is 458 g/mol. The van der Waals surface area contributed by atoms with Crippen molar-refractivity contribution >= 4 is 48.4 Å². The Hall–Kier alpha value is -3.50. The van der Waals surface area contributed by atoms with Crippen molar-refractivity contribution < 1.29 is 13.2 Å². The van der Waals surface area contributed by atoms with Crippen molar-refractivity contribution in [2.45, 2.75) is 4.90 Å². The van der Waals surface area contributed by atoms with Gasteiger partial charge in [0.05, 0.1) is 4.90 Å². The molecule has 5 rings (SSSR count). The molecule has 1 aliphatic rings. The van der Waals surface area contributed by atoms with Crippen LogP contribution in [0.5, 0.6) is 0 Å². The van der Waals surface area contributed by atoms with E-state index >= 15 is 0 Å². The van der Waals surface area contributed by atoms with Gasteiger partial charge in [-0.3, -0.25) is 9.52 Å². The van der Waals surface area contributed by atoms with Crippen LogP contribution >= 0.6 is 11.3 Å². The first-order valence-corrected chi connectivity index (χ1v) is 12.7.